The average Bonchev–Trinajstić information content (AvgIpc) is 3.16. The molecule has 27 heavy (non-hydrogen) atoms. The molecule has 0 aliphatic carbocycles. The second kappa shape index (κ2) is 9.58. The molecule has 1 atom stereocenters. The topological polar surface area (TPSA) is 105 Å². The molecule has 8 nitrogen and oxygen atoms in total. The standard InChI is InChI=1S/C18H20N4O4S/c1-3-13(2)21(12-16(23)20-18-19-10-11-27-18)17(24)9-6-14-4-7-15(8-5-14)22(25)26/h4-11,13H,3,12H2,1-2H3,(H,19,20,23). The van der Waals surface area contributed by atoms with E-state index in [9.17, 15) is 19.7 Å². The quantitative estimate of drug-likeness (QED) is 0.424. The lowest BCUT2D eigenvalue weighted by atomic mass is 10.1. The summed E-state index contributed by atoms with van der Waals surface area (Å²) in [6.45, 7) is 3.72. The van der Waals surface area contributed by atoms with Crippen molar-refractivity contribution in [3.63, 3.8) is 0 Å². The predicted molar refractivity (Wildman–Crippen MR) is 104 cm³/mol. The monoisotopic (exact) mass is 388 g/mol. The van der Waals surface area contributed by atoms with Crippen molar-refractivity contribution < 1.29 is 14.5 Å². The molecular weight excluding hydrogens is 368 g/mol. The van der Waals surface area contributed by atoms with Gasteiger partial charge in [0.25, 0.3) is 5.69 Å². The molecule has 1 aromatic carbocycles. The van der Waals surface area contributed by atoms with Crippen LogP contribution in [0.4, 0.5) is 10.8 Å². The van der Waals surface area contributed by atoms with Crippen LogP contribution in [0.1, 0.15) is 25.8 Å². The zero-order valence-corrected chi connectivity index (χ0v) is 15.8. The number of benzene rings is 1. The Hall–Kier alpha value is -3.07. The highest BCUT2D eigenvalue weighted by atomic mass is 32.1. The number of carbonyl (C=O) groups excluding carboxylic acids is 2. The van der Waals surface area contributed by atoms with E-state index in [1.807, 2.05) is 13.8 Å². The summed E-state index contributed by atoms with van der Waals surface area (Å²) in [7, 11) is 0. The van der Waals surface area contributed by atoms with Gasteiger partial charge in [-0.25, -0.2) is 4.98 Å². The van der Waals surface area contributed by atoms with E-state index < -0.39 is 4.92 Å². The number of aromatic nitrogens is 1. The first-order valence-corrected chi connectivity index (χ1v) is 9.21. The summed E-state index contributed by atoms with van der Waals surface area (Å²) in [5.41, 5.74) is 0.642. The first-order valence-electron chi connectivity index (χ1n) is 8.33. The molecule has 1 N–H and O–H groups in total. The molecule has 142 valence electrons. The van der Waals surface area contributed by atoms with Gasteiger partial charge >= 0.3 is 0 Å². The summed E-state index contributed by atoms with van der Waals surface area (Å²) in [6.07, 6.45) is 5.22. The molecule has 0 aliphatic heterocycles. The number of amides is 2. The zero-order chi connectivity index (χ0) is 19.8. The van der Waals surface area contributed by atoms with Gasteiger partial charge < -0.3 is 10.2 Å². The van der Waals surface area contributed by atoms with Gasteiger partial charge in [0.1, 0.15) is 6.54 Å². The van der Waals surface area contributed by atoms with E-state index in [2.05, 4.69) is 10.3 Å². The average molecular weight is 388 g/mol. The molecule has 0 fully saturated rings. The molecule has 0 spiro atoms. The molecule has 2 rings (SSSR count). The largest absolute Gasteiger partial charge is 0.327 e. The van der Waals surface area contributed by atoms with Crippen molar-refractivity contribution in [2.75, 3.05) is 11.9 Å². The summed E-state index contributed by atoms with van der Waals surface area (Å²) in [6, 6.07) is 5.74. The van der Waals surface area contributed by atoms with Crippen LogP contribution in [0.25, 0.3) is 6.08 Å². The van der Waals surface area contributed by atoms with E-state index in [-0.39, 0.29) is 30.1 Å². The summed E-state index contributed by atoms with van der Waals surface area (Å²) < 4.78 is 0. The molecule has 0 bridgehead atoms. The van der Waals surface area contributed by atoms with Gasteiger partial charge in [0.05, 0.1) is 4.92 Å². The van der Waals surface area contributed by atoms with Gasteiger partial charge in [0.15, 0.2) is 5.13 Å². The maximum Gasteiger partial charge on any atom is 0.269 e. The highest BCUT2D eigenvalue weighted by Gasteiger charge is 2.20. The third-order valence-electron chi connectivity index (χ3n) is 3.92. The number of nitrogens with one attached hydrogen (secondary N) is 1. The molecule has 0 saturated heterocycles. The number of anilines is 1. The molecule has 0 saturated carbocycles. The minimum atomic E-state index is -0.482. The second-order valence-corrected chi connectivity index (χ2v) is 6.69. The van der Waals surface area contributed by atoms with Crippen molar-refractivity contribution in [3.05, 3.63) is 57.6 Å². The van der Waals surface area contributed by atoms with Crippen LogP contribution in [0.3, 0.4) is 0 Å². The number of thiazole rings is 1. The van der Waals surface area contributed by atoms with E-state index in [1.54, 1.807) is 29.8 Å². The first-order chi connectivity index (χ1) is 12.9. The van der Waals surface area contributed by atoms with Gasteiger partial charge in [-0.1, -0.05) is 6.92 Å². The van der Waals surface area contributed by atoms with Crippen molar-refractivity contribution in [2.24, 2.45) is 0 Å². The van der Waals surface area contributed by atoms with Crippen LogP contribution in [0.15, 0.2) is 41.9 Å². The van der Waals surface area contributed by atoms with E-state index in [0.717, 1.165) is 0 Å². The summed E-state index contributed by atoms with van der Waals surface area (Å²) in [4.78, 5) is 40.4. The fourth-order valence-corrected chi connectivity index (χ4v) is 2.79. The Kier molecular flexibility index (Phi) is 7.18. The molecule has 2 aromatic rings. The number of nitrogens with zero attached hydrogens (tertiary/aromatic N) is 3. The molecule has 2 amide bonds. The smallest absolute Gasteiger partial charge is 0.269 e. The summed E-state index contributed by atoms with van der Waals surface area (Å²) >= 11 is 1.30. The number of non-ortho nitro benzene ring substituents is 1. The molecule has 9 heteroatoms. The van der Waals surface area contributed by atoms with Crippen molar-refractivity contribution in [2.45, 2.75) is 26.3 Å². The Bertz CT molecular complexity index is 818. The fraction of sp³-hybridized carbons (Fsp3) is 0.278. The lowest BCUT2D eigenvalue weighted by Crippen LogP contribution is -2.42. The van der Waals surface area contributed by atoms with Crippen LogP contribution >= 0.6 is 11.3 Å². The minimum Gasteiger partial charge on any atom is -0.327 e. The van der Waals surface area contributed by atoms with Crippen LogP contribution in [0, 0.1) is 10.1 Å². The minimum absolute atomic E-state index is 0.0152. The second-order valence-electron chi connectivity index (χ2n) is 5.79. The van der Waals surface area contributed by atoms with E-state index in [0.29, 0.717) is 17.1 Å². The summed E-state index contributed by atoms with van der Waals surface area (Å²) in [5.74, 6) is -0.626. The lowest BCUT2D eigenvalue weighted by molar-refractivity contribution is -0.384. The van der Waals surface area contributed by atoms with Crippen molar-refractivity contribution in [1.82, 2.24) is 9.88 Å². The predicted octanol–water partition coefficient (Wildman–Crippen LogP) is 3.33. The number of hydrogen-bond acceptors (Lipinski definition) is 6. The van der Waals surface area contributed by atoms with E-state index in [1.165, 1.54) is 34.4 Å². The SMILES string of the molecule is CCC(C)N(CC(=O)Nc1nccs1)C(=O)C=Cc1ccc([N+](=O)[O-])cc1. The van der Waals surface area contributed by atoms with Crippen LogP contribution in [-0.4, -0.2) is 39.2 Å². The summed E-state index contributed by atoms with van der Waals surface area (Å²) in [5, 5.41) is 15.6. The third kappa shape index (κ3) is 6.00. The van der Waals surface area contributed by atoms with Crippen LogP contribution in [0.5, 0.6) is 0 Å². The Labute approximate surface area is 160 Å². The Morgan fingerprint density at radius 2 is 2.07 bits per heavy atom. The van der Waals surface area contributed by atoms with Crippen molar-refractivity contribution >= 4 is 40.0 Å². The Morgan fingerprint density at radius 3 is 2.63 bits per heavy atom. The molecular formula is C18H20N4O4S. The number of carbonyl (C=O) groups is 2. The molecule has 1 unspecified atom stereocenters. The zero-order valence-electron chi connectivity index (χ0n) is 15.0. The number of nitro groups is 1. The maximum absolute atomic E-state index is 12.6. The number of rotatable bonds is 8. The molecule has 1 heterocycles. The van der Waals surface area contributed by atoms with Crippen LogP contribution in [-0.2, 0) is 9.59 Å². The van der Waals surface area contributed by atoms with Crippen LogP contribution in [0.2, 0.25) is 0 Å². The third-order valence-corrected chi connectivity index (χ3v) is 4.61. The lowest BCUT2D eigenvalue weighted by Gasteiger charge is -2.26. The Balaban J connectivity index is 2.04. The van der Waals surface area contributed by atoms with Gasteiger partial charge in [0.2, 0.25) is 11.8 Å². The number of nitro benzene ring substituents is 1. The van der Waals surface area contributed by atoms with E-state index >= 15 is 0 Å². The molecule has 1 aromatic heterocycles. The highest BCUT2D eigenvalue weighted by Crippen LogP contribution is 2.14. The normalized spacial score (nSPS) is 11.9. The number of hydrogen-bond donors (Lipinski definition) is 1. The van der Waals surface area contributed by atoms with Gasteiger partial charge in [-0.15, -0.1) is 11.3 Å². The van der Waals surface area contributed by atoms with Crippen molar-refractivity contribution in [3.8, 4) is 0 Å². The first kappa shape index (κ1) is 20.2. The van der Waals surface area contributed by atoms with Crippen molar-refractivity contribution in [1.29, 1.82) is 0 Å². The van der Waals surface area contributed by atoms with E-state index in [4.69, 9.17) is 0 Å². The maximum atomic E-state index is 12.6. The highest BCUT2D eigenvalue weighted by molar-refractivity contribution is 7.13. The van der Waals surface area contributed by atoms with Gasteiger partial charge in [-0.3, -0.25) is 19.7 Å². The molecule has 0 radical (unpaired) electrons. The van der Waals surface area contributed by atoms with Gasteiger partial charge in [-0.05, 0) is 37.1 Å². The Morgan fingerprint density at radius 1 is 1.37 bits per heavy atom. The molecule has 0 aliphatic rings. The van der Waals surface area contributed by atoms with Crippen LogP contribution < -0.4 is 5.32 Å². The van der Waals surface area contributed by atoms with Gasteiger partial charge in [-0.2, -0.15) is 0 Å². The fourth-order valence-electron chi connectivity index (χ4n) is 2.24. The van der Waals surface area contributed by atoms with Gasteiger partial charge in [0, 0.05) is 35.8 Å².